The average molecular weight is 1710 g/mol. The Hall–Kier alpha value is -7.92. The number of rotatable bonds is 1. The number of aryl methyl sites for hydroxylation is 20. The predicted octanol–water partition coefficient (Wildman–Crippen LogP) is 18.3. The Labute approximate surface area is 741 Å². The molecule has 15 rings (SSSR count). The van der Waals surface area contributed by atoms with Gasteiger partial charge in [-0.25, -0.2) is 19.9 Å². The van der Waals surface area contributed by atoms with Crippen molar-refractivity contribution in [3.63, 3.8) is 0 Å². The molecule has 5 aliphatic rings. The van der Waals surface area contributed by atoms with Gasteiger partial charge in [-0.1, -0.05) is 44.4 Å². The van der Waals surface area contributed by atoms with Gasteiger partial charge >= 0.3 is 58.2 Å². The molecule has 4 aliphatic heterocycles. The smallest absolute Gasteiger partial charge is 0.598 e. The molecule has 0 radical (unpaired) electrons. The molecule has 0 saturated carbocycles. The van der Waals surface area contributed by atoms with Crippen molar-refractivity contribution in [2.75, 3.05) is 13.1 Å². The van der Waals surface area contributed by atoms with Gasteiger partial charge in [0.15, 0.2) is 11.7 Å². The third-order valence-electron chi connectivity index (χ3n) is 12.4. The van der Waals surface area contributed by atoms with Crippen LogP contribution in [0.25, 0.3) is 0 Å². The van der Waals surface area contributed by atoms with Gasteiger partial charge in [0, 0.05) is 120 Å². The standard InChI is InChI=1S/C7H10.2C6H9N.C6H8S.2C5H8N2.2C5H7NO.2C5H7NS.C5H7N.C4H7N3.2C4H6N2O.2C4H6N2S.H3N.Rb/c1-6-3-4-7(2)5-6;2*1-5-3-6(2)7-4-5;1-5-3-4-6(2)7-5;1-4-3-6-5(2)7-4;1-4-3-5(2)7-6-4;1-4-3-6-5(2)7-4;1-4-3-5(2)7-6-4;1-4-3-6-5(2)7-4;1-4-3-5(2)7-6-4;1-4-6-5(2)3;1-4-3-7(2)6-5-4;1-3-5-6-4(2)7-3;1-3-5-4(2)7-6-3;1-3-5-6-4(2)7-3;1-3-5-4(2)7-6-3;;/h3-4H,5H2,1-2H3;4H,3H2,1-2H3;3H,4H2,1-2H3;3-4H,1-2H3;2*3H2,1-2H3;4*3H,1-2H3;2H,1,3H3;3H,1-2H3;4*1-2H3;1H3;/q;;;;;;;;;;-2;;;;;;;+1. The summed E-state index contributed by atoms with van der Waals surface area (Å²) in [5.74, 6) is 6.83. The number of hydrogen-bond acceptors (Lipinski definition) is 31. The summed E-state index contributed by atoms with van der Waals surface area (Å²) < 4.78 is 28.8. The number of amidine groups is 1. The Bertz CT molecular complexity index is 3660. The van der Waals surface area contributed by atoms with Crippen molar-refractivity contribution in [1.29, 1.82) is 0 Å². The van der Waals surface area contributed by atoms with Gasteiger partial charge < -0.3 is 41.3 Å². The van der Waals surface area contributed by atoms with Gasteiger partial charge in [-0.2, -0.15) is 30.1 Å². The molecule has 0 amide bonds. The molecule has 10 aromatic rings. The number of allylic oxidation sites excluding steroid dienone is 7. The summed E-state index contributed by atoms with van der Waals surface area (Å²) in [6.45, 7) is 67.3. The molecule has 3 N–H and O–H groups in total. The van der Waals surface area contributed by atoms with E-state index in [1.54, 1.807) is 86.6 Å². The van der Waals surface area contributed by atoms with Crippen LogP contribution in [0.5, 0.6) is 0 Å². The maximum absolute atomic E-state index is 5.09. The van der Waals surface area contributed by atoms with Crippen LogP contribution in [0, 0.1) is 138 Å². The molecule has 0 atom stereocenters. The Kier molecular flexibility index (Phi) is 61.3. The van der Waals surface area contributed by atoms with E-state index in [1.165, 1.54) is 65.5 Å². The molecule has 113 heavy (non-hydrogen) atoms. The first-order valence-corrected chi connectivity index (χ1v) is 39.4. The van der Waals surface area contributed by atoms with Crippen molar-refractivity contribution in [3.8, 4) is 0 Å². The molecular formula is C80H121N23O4RbS5-. The van der Waals surface area contributed by atoms with Crippen LogP contribution in [0.1, 0.15) is 206 Å². The summed E-state index contributed by atoms with van der Waals surface area (Å²) in [6, 6.07) is 8.24. The Balaban J connectivity index is -0.00000114. The third-order valence-corrected chi connectivity index (χ3v) is 16.4. The first kappa shape index (κ1) is 109. The molecule has 0 unspecified atom stereocenters. The number of thiophene rings is 1. The summed E-state index contributed by atoms with van der Waals surface area (Å²) in [7, 11) is 1.85. The summed E-state index contributed by atoms with van der Waals surface area (Å²) in [5, 5.41) is 41.3. The zero-order valence-electron chi connectivity index (χ0n) is 73.2. The third kappa shape index (κ3) is 64.1. The van der Waals surface area contributed by atoms with Gasteiger partial charge in [-0.3, -0.25) is 19.7 Å². The van der Waals surface area contributed by atoms with Crippen LogP contribution in [0.3, 0.4) is 0 Å². The number of hydrogen-bond donors (Lipinski definition) is 1. The SMILES string of the molecule is CC1=CC(C)=NC1.CC1=CC=C(C)C1.CC1=CN=C(C)C1.CC1=NC(C)=NC1.CC1=NN=C(C)C1.Cc1cc(C)on1.Cc1cc(C)sn1.Cc1ccc(C)s1.Cc1cn(C)nn1.Cc1cnc(C)o1.Cc1cnc(C)s1.Cc1nnc(C)o1.Cc1nnc(C)s1.Cc1noc(C)n1.Cc1nsc(C)n1.N.[CH-]=C(C)N=[C-]C.[Rb+]. The fourth-order valence-corrected chi connectivity index (χ4v) is 11.2. The van der Waals surface area contributed by atoms with E-state index in [9.17, 15) is 0 Å². The normalized spacial score (nSPS) is 12.3. The van der Waals surface area contributed by atoms with Crippen molar-refractivity contribution in [2.45, 2.75) is 234 Å². The monoisotopic (exact) mass is 1710 g/mol. The second-order valence-electron chi connectivity index (χ2n) is 25.4. The minimum Gasteiger partial charge on any atom is -0.598 e. The minimum absolute atomic E-state index is 0. The van der Waals surface area contributed by atoms with Crippen molar-refractivity contribution in [3.05, 3.63) is 205 Å². The second kappa shape index (κ2) is 63.4. The number of oxazole rings is 1. The number of nitrogens with zero attached hydrogens (tertiary/aromatic N) is 22. The zero-order valence-corrected chi connectivity index (χ0v) is 82.2. The van der Waals surface area contributed by atoms with Crippen LogP contribution in [0.2, 0.25) is 0 Å². The molecule has 0 fully saturated rings. The molecular weight excluding hydrogens is 1590 g/mol. The molecule has 27 nitrogen and oxygen atoms in total. The quantitative estimate of drug-likeness (QED) is 0.118. The van der Waals surface area contributed by atoms with E-state index in [4.69, 9.17) is 19.9 Å². The summed E-state index contributed by atoms with van der Waals surface area (Å²) in [6.07, 6.45) is 19.6. The van der Waals surface area contributed by atoms with Crippen LogP contribution in [0.4, 0.5) is 0 Å². The second-order valence-corrected chi connectivity index (χ2v) is 31.7. The molecule has 0 saturated heterocycles. The number of aromatic nitrogens is 15. The van der Waals surface area contributed by atoms with Crippen molar-refractivity contribution < 1.29 is 76.1 Å². The first-order chi connectivity index (χ1) is 52.1. The van der Waals surface area contributed by atoms with E-state index in [2.05, 4.69) is 207 Å². The van der Waals surface area contributed by atoms with Crippen molar-refractivity contribution in [1.82, 2.24) is 80.5 Å². The Morgan fingerprint density at radius 3 is 1.23 bits per heavy atom. The van der Waals surface area contributed by atoms with E-state index in [0.717, 1.165) is 115 Å². The van der Waals surface area contributed by atoms with E-state index >= 15 is 0 Å². The molecule has 10 aromatic heterocycles. The minimum atomic E-state index is 0. The number of thiazole rings is 1. The van der Waals surface area contributed by atoms with Crippen LogP contribution >= 0.6 is 57.1 Å². The largest absolute Gasteiger partial charge is 1.00 e. The van der Waals surface area contributed by atoms with Crippen LogP contribution in [0.15, 0.2) is 148 Å². The van der Waals surface area contributed by atoms with Gasteiger partial charge in [-0.15, -0.1) is 73.4 Å². The Morgan fingerprint density at radius 1 is 0.496 bits per heavy atom. The van der Waals surface area contributed by atoms with Gasteiger partial charge in [-0.05, 0) is 232 Å². The Morgan fingerprint density at radius 2 is 1.10 bits per heavy atom. The predicted molar refractivity (Wildman–Crippen MR) is 470 cm³/mol. The van der Waals surface area contributed by atoms with Gasteiger partial charge in [0.25, 0.3) is 0 Å². The van der Waals surface area contributed by atoms with E-state index < -0.39 is 0 Å². The molecule has 0 aromatic carbocycles. The fourth-order valence-electron chi connectivity index (χ4n) is 8.15. The molecule has 1 aliphatic carbocycles. The van der Waals surface area contributed by atoms with Gasteiger partial charge in [0.2, 0.25) is 17.7 Å². The van der Waals surface area contributed by atoms with E-state index in [-0.39, 0.29) is 64.3 Å². The fraction of sp³-hybridized carbons (Fsp3) is 0.463. The zero-order chi connectivity index (χ0) is 84.1. The average Bonchev–Trinajstić information content (AvgIpc) is 2.24. The maximum Gasteiger partial charge on any atom is 1.00 e. The van der Waals surface area contributed by atoms with Crippen LogP contribution in [-0.4, -0.2) is 128 Å². The first-order valence-electron chi connectivity index (χ1n) is 35.4. The molecule has 14 heterocycles. The topological polar surface area (TPSA) is 359 Å². The number of aliphatic imine (C=N–C) groups is 5. The van der Waals surface area contributed by atoms with E-state index in [1.807, 2.05) is 161 Å². The van der Waals surface area contributed by atoms with Crippen molar-refractivity contribution >= 4 is 97.7 Å². The van der Waals surface area contributed by atoms with Crippen LogP contribution < -0.4 is 64.3 Å². The molecule has 0 bridgehead atoms. The van der Waals surface area contributed by atoms with Crippen molar-refractivity contribution in [2.24, 2.45) is 42.2 Å². The van der Waals surface area contributed by atoms with Gasteiger partial charge in [0.05, 0.1) is 41.4 Å². The molecule has 0 spiro atoms. The van der Waals surface area contributed by atoms with E-state index in [0.29, 0.717) is 29.2 Å². The van der Waals surface area contributed by atoms with Crippen LogP contribution in [-0.2, 0) is 7.05 Å². The summed E-state index contributed by atoms with van der Waals surface area (Å²) >= 11 is 8.19. The maximum atomic E-state index is 5.09. The summed E-state index contributed by atoms with van der Waals surface area (Å²) in [5.41, 5.74) is 15.1. The molecule has 612 valence electrons. The molecule has 33 heteroatoms. The van der Waals surface area contributed by atoms with Gasteiger partial charge in [0.1, 0.15) is 38.2 Å². The summed E-state index contributed by atoms with van der Waals surface area (Å²) in [4.78, 5) is 41.0.